The third-order valence-electron chi connectivity index (χ3n) is 4.22. The highest BCUT2D eigenvalue weighted by Gasteiger charge is 2.07. The van der Waals surface area contributed by atoms with Gasteiger partial charge in [0.2, 0.25) is 0 Å². The lowest BCUT2D eigenvalue weighted by Crippen LogP contribution is -2.04. The Morgan fingerprint density at radius 1 is 1.00 bits per heavy atom. The van der Waals surface area contributed by atoms with Gasteiger partial charge in [0.1, 0.15) is 17.1 Å². The molecular formula is C21H16N4O3. The van der Waals surface area contributed by atoms with Crippen molar-refractivity contribution in [3.05, 3.63) is 78.0 Å². The summed E-state index contributed by atoms with van der Waals surface area (Å²) in [5, 5.41) is 21.7. The number of benzene rings is 2. The first-order valence-electron chi connectivity index (χ1n) is 8.58. The molecule has 0 aliphatic heterocycles. The summed E-state index contributed by atoms with van der Waals surface area (Å²) in [6.45, 7) is 0.435. The summed E-state index contributed by atoms with van der Waals surface area (Å²) >= 11 is 0. The largest absolute Gasteiger partial charge is 0.508 e. The number of rotatable bonds is 5. The number of carboxylic acid groups (broad SMARTS) is 1. The molecule has 0 spiro atoms. The van der Waals surface area contributed by atoms with Gasteiger partial charge in [-0.05, 0) is 54.1 Å². The van der Waals surface area contributed by atoms with Gasteiger partial charge in [-0.1, -0.05) is 12.1 Å². The first-order valence-corrected chi connectivity index (χ1v) is 8.58. The average molecular weight is 372 g/mol. The molecule has 0 saturated carbocycles. The van der Waals surface area contributed by atoms with Gasteiger partial charge >= 0.3 is 5.97 Å². The number of hydrogen-bond donors (Lipinski definition) is 3. The first-order chi connectivity index (χ1) is 13.6. The Morgan fingerprint density at radius 3 is 2.61 bits per heavy atom. The first kappa shape index (κ1) is 17.4. The van der Waals surface area contributed by atoms with Crippen LogP contribution in [0.4, 0.5) is 5.82 Å². The van der Waals surface area contributed by atoms with Crippen LogP contribution in [0.15, 0.2) is 66.9 Å². The number of nitrogens with one attached hydrogen (secondary N) is 1. The van der Waals surface area contributed by atoms with Crippen LogP contribution in [0.3, 0.4) is 0 Å². The van der Waals surface area contributed by atoms with Gasteiger partial charge < -0.3 is 15.5 Å². The van der Waals surface area contributed by atoms with Crippen molar-refractivity contribution in [3.8, 4) is 17.0 Å². The van der Waals surface area contributed by atoms with E-state index in [4.69, 9.17) is 5.11 Å². The Balaban J connectivity index is 1.57. The van der Waals surface area contributed by atoms with Crippen molar-refractivity contribution in [2.24, 2.45) is 0 Å². The highest BCUT2D eigenvalue weighted by Crippen LogP contribution is 2.21. The van der Waals surface area contributed by atoms with Crippen LogP contribution in [-0.4, -0.2) is 31.1 Å². The van der Waals surface area contributed by atoms with Crippen molar-refractivity contribution in [1.29, 1.82) is 0 Å². The Bertz CT molecular complexity index is 1160. The maximum Gasteiger partial charge on any atom is 0.335 e. The molecule has 0 bridgehead atoms. The molecule has 2 aromatic carbocycles. The molecule has 0 saturated heterocycles. The molecule has 2 aromatic heterocycles. The molecule has 7 nitrogen and oxygen atoms in total. The van der Waals surface area contributed by atoms with Gasteiger partial charge in [0.15, 0.2) is 5.65 Å². The van der Waals surface area contributed by atoms with Gasteiger partial charge in [-0.2, -0.15) is 0 Å². The van der Waals surface area contributed by atoms with E-state index >= 15 is 0 Å². The van der Waals surface area contributed by atoms with E-state index in [9.17, 15) is 9.90 Å². The van der Waals surface area contributed by atoms with Gasteiger partial charge in [-0.25, -0.2) is 14.8 Å². The molecule has 2 heterocycles. The van der Waals surface area contributed by atoms with Crippen LogP contribution in [0.2, 0.25) is 0 Å². The molecule has 0 atom stereocenters. The molecule has 0 fully saturated rings. The zero-order valence-corrected chi connectivity index (χ0v) is 14.7. The summed E-state index contributed by atoms with van der Waals surface area (Å²) < 4.78 is 0. The summed E-state index contributed by atoms with van der Waals surface area (Å²) in [6.07, 6.45) is 1.67. The maximum atomic E-state index is 11.1. The number of carboxylic acids is 1. The number of carbonyl (C=O) groups is 1. The summed E-state index contributed by atoms with van der Waals surface area (Å²) in [7, 11) is 0. The molecule has 0 aliphatic rings. The molecular weight excluding hydrogens is 356 g/mol. The van der Waals surface area contributed by atoms with Crippen molar-refractivity contribution in [2.75, 3.05) is 5.32 Å². The molecule has 0 amide bonds. The van der Waals surface area contributed by atoms with E-state index in [1.165, 1.54) is 0 Å². The van der Waals surface area contributed by atoms with Crippen LogP contribution >= 0.6 is 0 Å². The number of hydrogen-bond acceptors (Lipinski definition) is 6. The normalized spacial score (nSPS) is 10.7. The minimum Gasteiger partial charge on any atom is -0.508 e. The number of pyridine rings is 1. The summed E-state index contributed by atoms with van der Waals surface area (Å²) in [5.74, 6) is -0.151. The standard InChI is InChI=1S/C21H16N4O3/c26-16-6-4-14(5-7-16)18-12-22-17-8-9-19(25-20(17)24-18)23-11-13-2-1-3-15(10-13)21(27)28/h1-10,12,26H,11H2,(H,27,28)(H,23,24,25). The van der Waals surface area contributed by atoms with E-state index in [1.807, 2.05) is 12.1 Å². The third-order valence-corrected chi connectivity index (χ3v) is 4.22. The lowest BCUT2D eigenvalue weighted by Gasteiger charge is -2.08. The van der Waals surface area contributed by atoms with Crippen LogP contribution in [-0.2, 0) is 6.54 Å². The lowest BCUT2D eigenvalue weighted by molar-refractivity contribution is 0.0696. The van der Waals surface area contributed by atoms with Crippen molar-refractivity contribution in [2.45, 2.75) is 6.54 Å². The predicted octanol–water partition coefficient (Wildman–Crippen LogP) is 3.71. The second-order valence-corrected chi connectivity index (χ2v) is 6.20. The van der Waals surface area contributed by atoms with E-state index in [-0.39, 0.29) is 11.3 Å². The molecule has 138 valence electrons. The number of anilines is 1. The lowest BCUT2D eigenvalue weighted by atomic mass is 10.1. The fraction of sp³-hybridized carbons (Fsp3) is 0.0476. The highest BCUT2D eigenvalue weighted by atomic mass is 16.4. The second kappa shape index (κ2) is 7.32. The molecule has 7 heteroatoms. The maximum absolute atomic E-state index is 11.1. The fourth-order valence-corrected chi connectivity index (χ4v) is 2.77. The molecule has 28 heavy (non-hydrogen) atoms. The Morgan fingerprint density at radius 2 is 1.82 bits per heavy atom. The zero-order chi connectivity index (χ0) is 19.5. The van der Waals surface area contributed by atoms with Gasteiger partial charge in [-0.3, -0.25) is 4.98 Å². The van der Waals surface area contributed by atoms with Crippen molar-refractivity contribution < 1.29 is 15.0 Å². The summed E-state index contributed by atoms with van der Waals surface area (Å²) in [5.41, 5.74) is 3.74. The number of fused-ring (bicyclic) bond motifs is 1. The Labute approximate surface area is 160 Å². The quantitative estimate of drug-likeness (QED) is 0.490. The van der Waals surface area contributed by atoms with Gasteiger partial charge in [0, 0.05) is 12.1 Å². The minimum atomic E-state index is -0.956. The minimum absolute atomic E-state index is 0.189. The predicted molar refractivity (Wildman–Crippen MR) is 105 cm³/mol. The van der Waals surface area contributed by atoms with Crippen molar-refractivity contribution in [1.82, 2.24) is 15.0 Å². The Kier molecular flexibility index (Phi) is 4.55. The third kappa shape index (κ3) is 3.73. The molecule has 0 radical (unpaired) electrons. The van der Waals surface area contributed by atoms with Crippen LogP contribution < -0.4 is 5.32 Å². The van der Waals surface area contributed by atoms with Gasteiger partial charge in [-0.15, -0.1) is 0 Å². The van der Waals surface area contributed by atoms with Crippen molar-refractivity contribution >= 4 is 23.0 Å². The number of nitrogens with zero attached hydrogens (tertiary/aromatic N) is 3. The Hall–Kier alpha value is -4.00. The molecule has 0 aliphatic carbocycles. The van der Waals surface area contributed by atoms with Gasteiger partial charge in [0.25, 0.3) is 0 Å². The monoisotopic (exact) mass is 372 g/mol. The van der Waals surface area contributed by atoms with Crippen LogP contribution in [0.1, 0.15) is 15.9 Å². The zero-order valence-electron chi connectivity index (χ0n) is 14.7. The summed E-state index contributed by atoms with van der Waals surface area (Å²) in [4.78, 5) is 24.5. The van der Waals surface area contributed by atoms with Crippen molar-refractivity contribution in [3.63, 3.8) is 0 Å². The number of aromatic hydroxyl groups is 1. The van der Waals surface area contributed by atoms with Crippen LogP contribution in [0.25, 0.3) is 22.4 Å². The number of phenols is 1. The van der Waals surface area contributed by atoms with Crippen LogP contribution in [0, 0.1) is 0 Å². The van der Waals surface area contributed by atoms with Gasteiger partial charge in [0.05, 0.1) is 17.5 Å². The smallest absolute Gasteiger partial charge is 0.335 e. The fourth-order valence-electron chi connectivity index (χ4n) is 2.77. The molecule has 4 rings (SSSR count). The number of aromatic carboxylic acids is 1. The SMILES string of the molecule is O=C(O)c1cccc(CNc2ccc3ncc(-c4ccc(O)cc4)nc3n2)c1. The van der Waals surface area contributed by atoms with E-state index < -0.39 is 5.97 Å². The molecule has 4 aromatic rings. The van der Waals surface area contributed by atoms with E-state index in [0.29, 0.717) is 29.2 Å². The highest BCUT2D eigenvalue weighted by molar-refractivity contribution is 5.87. The van der Waals surface area contributed by atoms with E-state index in [1.54, 1.807) is 54.7 Å². The average Bonchev–Trinajstić information content (AvgIpc) is 2.72. The number of phenolic OH excluding ortho intramolecular Hbond substituents is 1. The van der Waals surface area contributed by atoms with E-state index in [0.717, 1.165) is 11.1 Å². The molecule has 0 unspecified atom stereocenters. The van der Waals surface area contributed by atoms with E-state index in [2.05, 4.69) is 20.3 Å². The topological polar surface area (TPSA) is 108 Å². The second-order valence-electron chi connectivity index (χ2n) is 6.20. The molecule has 3 N–H and O–H groups in total. The number of aromatic nitrogens is 3. The van der Waals surface area contributed by atoms with Crippen LogP contribution in [0.5, 0.6) is 5.75 Å². The summed E-state index contributed by atoms with van der Waals surface area (Å²) in [6, 6.07) is 17.1.